The van der Waals surface area contributed by atoms with E-state index < -0.39 is 17.8 Å². The molecule has 0 N–H and O–H groups in total. The molecule has 6 aromatic rings. The summed E-state index contributed by atoms with van der Waals surface area (Å²) in [6, 6.07) is 20.9. The van der Waals surface area contributed by atoms with Crippen molar-refractivity contribution in [1.29, 1.82) is 0 Å². The van der Waals surface area contributed by atoms with E-state index in [9.17, 15) is 14.8 Å². The summed E-state index contributed by atoms with van der Waals surface area (Å²) in [4.78, 5) is 33.8. The maximum absolute atomic E-state index is 13.5. The van der Waals surface area contributed by atoms with Crippen LogP contribution in [0.2, 0.25) is 0 Å². The number of rotatable bonds is 8. The van der Waals surface area contributed by atoms with Crippen molar-refractivity contribution in [2.45, 2.75) is 32.4 Å². The number of nitrogens with zero attached hydrogens (tertiary/aromatic N) is 6. The molecule has 3 aromatic carbocycles. The minimum absolute atomic E-state index is 0. The molecule has 0 bridgehead atoms. The number of hydrogen-bond donors (Lipinski definition) is 0. The molecule has 0 radical (unpaired) electrons. The molecule has 0 saturated carbocycles. The van der Waals surface area contributed by atoms with E-state index in [1.807, 2.05) is 66.1 Å². The summed E-state index contributed by atoms with van der Waals surface area (Å²) in [6.07, 6.45) is 0.177. The standard InChI is InChI=1S/C30H24N6O7.K/c1-2-40-29-31-22-9-5-8-21(28(37)41-24-15-14-23-25(24)33-43-36(23)39)26(22)35(29)16-17-10-12-18(13-11-17)19-6-3-4-7-20(19)27-32-30(38)42-34-27;/h3-13,24H,2,14-16H2,1H3,(H,32,34,38);/q;+1/p-1. The topological polar surface area (TPSA) is 164 Å². The predicted octanol–water partition coefficient (Wildman–Crippen LogP) is 0.592. The van der Waals surface area contributed by atoms with Gasteiger partial charge in [-0.3, -0.25) is 14.4 Å². The number of esters is 1. The average Bonchev–Trinajstić information content (AvgIpc) is 3.80. The Morgan fingerprint density at radius 1 is 1.09 bits per heavy atom. The van der Waals surface area contributed by atoms with E-state index in [0.717, 1.165) is 16.7 Å². The predicted molar refractivity (Wildman–Crippen MR) is 149 cm³/mol. The molecule has 1 atom stereocenters. The van der Waals surface area contributed by atoms with Crippen molar-refractivity contribution in [3.05, 3.63) is 105 Å². The molecule has 1 unspecified atom stereocenters. The summed E-state index contributed by atoms with van der Waals surface area (Å²) in [5, 5.41) is 19.3. The van der Waals surface area contributed by atoms with E-state index in [0.29, 0.717) is 70.5 Å². The van der Waals surface area contributed by atoms with E-state index >= 15 is 0 Å². The first-order valence-electron chi connectivity index (χ1n) is 13.6. The van der Waals surface area contributed by atoms with Crippen LogP contribution in [0.4, 0.5) is 0 Å². The van der Waals surface area contributed by atoms with Crippen molar-refractivity contribution in [2.75, 3.05) is 6.61 Å². The minimum atomic E-state index is -0.747. The van der Waals surface area contributed by atoms with E-state index in [1.165, 1.54) is 0 Å². The molecule has 1 aliphatic rings. The fraction of sp³-hybridized carbons (Fsp3) is 0.200. The summed E-state index contributed by atoms with van der Waals surface area (Å²) >= 11 is 0. The number of fused-ring (bicyclic) bond motifs is 2. The van der Waals surface area contributed by atoms with Gasteiger partial charge in [0.05, 0.1) is 29.7 Å². The second kappa shape index (κ2) is 12.5. The van der Waals surface area contributed by atoms with Gasteiger partial charge in [-0.25, -0.2) is 9.59 Å². The largest absolute Gasteiger partial charge is 1.00 e. The molecule has 0 aliphatic heterocycles. The zero-order valence-corrected chi connectivity index (χ0v) is 26.9. The normalized spacial score (nSPS) is 13.9. The van der Waals surface area contributed by atoms with Crippen LogP contribution in [0.25, 0.3) is 33.5 Å². The van der Waals surface area contributed by atoms with Gasteiger partial charge >= 0.3 is 63.1 Å². The molecule has 3 heterocycles. The van der Waals surface area contributed by atoms with Crippen molar-refractivity contribution < 1.29 is 79.7 Å². The molecule has 1 aliphatic carbocycles. The molecular weight excluding hydrogens is 595 g/mol. The van der Waals surface area contributed by atoms with Crippen LogP contribution in [-0.4, -0.2) is 32.4 Å². The number of para-hydroxylation sites is 1. The minimum Gasteiger partial charge on any atom is -0.465 e. The van der Waals surface area contributed by atoms with Gasteiger partial charge < -0.3 is 24.2 Å². The Hall–Kier alpha value is -4.08. The zero-order valence-electron chi connectivity index (χ0n) is 23.8. The summed E-state index contributed by atoms with van der Waals surface area (Å²) < 4.78 is 22.8. The number of imidazole rings is 1. The van der Waals surface area contributed by atoms with Crippen LogP contribution in [0.1, 0.15) is 46.8 Å². The van der Waals surface area contributed by atoms with Crippen LogP contribution in [0.5, 0.6) is 6.01 Å². The van der Waals surface area contributed by atoms with Crippen LogP contribution in [-0.2, 0) is 17.7 Å². The van der Waals surface area contributed by atoms with Crippen LogP contribution in [0, 0.1) is 5.21 Å². The van der Waals surface area contributed by atoms with Gasteiger partial charge in [0.25, 0.3) is 11.7 Å². The Kier molecular flexibility index (Phi) is 8.51. The van der Waals surface area contributed by atoms with Gasteiger partial charge in [-0.1, -0.05) is 54.6 Å². The number of hydrogen-bond acceptors (Lipinski definition) is 10. The van der Waals surface area contributed by atoms with Crippen LogP contribution in [0.15, 0.2) is 80.7 Å². The number of carbonyl (C=O) groups is 1. The first-order valence-corrected chi connectivity index (χ1v) is 13.6. The van der Waals surface area contributed by atoms with Crippen molar-refractivity contribution in [1.82, 2.24) is 24.8 Å². The molecule has 216 valence electrons. The fourth-order valence-electron chi connectivity index (χ4n) is 5.39. The third kappa shape index (κ3) is 5.50. The number of carbonyl (C=O) groups excluding carboxylic acids is 1. The van der Waals surface area contributed by atoms with Crippen molar-refractivity contribution in [3.8, 4) is 28.5 Å². The third-order valence-corrected chi connectivity index (χ3v) is 7.33. The van der Waals surface area contributed by atoms with E-state index in [2.05, 4.69) is 29.4 Å². The van der Waals surface area contributed by atoms with Crippen LogP contribution in [0.3, 0.4) is 0 Å². The summed E-state index contributed by atoms with van der Waals surface area (Å²) in [6.45, 7) is 2.60. The number of ether oxygens (including phenoxy) is 2. The molecule has 44 heavy (non-hydrogen) atoms. The van der Waals surface area contributed by atoms with Gasteiger partial charge in [0.1, 0.15) is 0 Å². The van der Waals surface area contributed by atoms with E-state index in [-0.39, 0.29) is 57.2 Å². The molecule has 14 heteroatoms. The van der Waals surface area contributed by atoms with Gasteiger partial charge in [-0.15, -0.1) is 0 Å². The van der Waals surface area contributed by atoms with Gasteiger partial charge in [-0.05, 0) is 52.0 Å². The molecule has 7 rings (SSSR count). The van der Waals surface area contributed by atoms with Crippen molar-refractivity contribution >= 4 is 17.0 Å². The molecular formula is C30H23KN6O7. The maximum atomic E-state index is 13.5. The maximum Gasteiger partial charge on any atom is 1.00 e. The smallest absolute Gasteiger partial charge is 0.465 e. The second-order valence-electron chi connectivity index (χ2n) is 9.91. The molecule has 0 spiro atoms. The second-order valence-corrected chi connectivity index (χ2v) is 9.91. The fourth-order valence-corrected chi connectivity index (χ4v) is 5.39. The quantitative estimate of drug-likeness (QED) is 0.133. The van der Waals surface area contributed by atoms with Gasteiger partial charge in [-0.2, -0.15) is 4.98 Å². The first-order chi connectivity index (χ1) is 21.0. The summed E-state index contributed by atoms with van der Waals surface area (Å²) in [5.41, 5.74) is 5.50. The summed E-state index contributed by atoms with van der Waals surface area (Å²) in [5.74, 6) is -1.09. The van der Waals surface area contributed by atoms with E-state index in [4.69, 9.17) is 9.47 Å². The molecule has 0 amide bonds. The number of aromatic nitrogens is 6. The average molecular weight is 619 g/mol. The Bertz CT molecular complexity index is 2030. The Morgan fingerprint density at radius 2 is 1.89 bits per heavy atom. The Morgan fingerprint density at radius 3 is 2.64 bits per heavy atom. The van der Waals surface area contributed by atoms with E-state index in [1.54, 1.807) is 12.1 Å². The third-order valence-electron chi connectivity index (χ3n) is 7.33. The molecule has 3 aromatic heterocycles. The van der Waals surface area contributed by atoms with Gasteiger partial charge in [0.15, 0.2) is 6.10 Å². The molecule has 0 fully saturated rings. The molecule has 0 saturated heterocycles. The summed E-state index contributed by atoms with van der Waals surface area (Å²) in [7, 11) is 0. The van der Waals surface area contributed by atoms with Crippen LogP contribution >= 0.6 is 0 Å². The Balaban J connectivity index is 0.00000343. The Labute approximate surface area is 291 Å². The van der Waals surface area contributed by atoms with Gasteiger partial charge in [0, 0.05) is 18.0 Å². The first kappa shape index (κ1) is 30.0. The van der Waals surface area contributed by atoms with Crippen LogP contribution < -0.4 is 71.8 Å². The SMILES string of the molecule is CCOc1nc2cccc(C(=O)OC3CCc4c3no[n+]4[O-])c2n1Cc1ccc(-c2ccccc2-c2noc(=O)[n-]2)cc1.[K+]. The van der Waals surface area contributed by atoms with Crippen molar-refractivity contribution in [3.63, 3.8) is 0 Å². The van der Waals surface area contributed by atoms with Gasteiger partial charge in [0.2, 0.25) is 5.69 Å². The van der Waals surface area contributed by atoms with Crippen molar-refractivity contribution in [2.24, 2.45) is 0 Å². The zero-order chi connectivity index (χ0) is 29.5. The monoisotopic (exact) mass is 618 g/mol. The number of benzene rings is 3. The molecule has 13 nitrogen and oxygen atoms in total.